The van der Waals surface area contributed by atoms with Crippen molar-refractivity contribution in [2.45, 2.75) is 45.6 Å². The molecule has 0 aromatic rings. The third kappa shape index (κ3) is 4.09. The van der Waals surface area contributed by atoms with Crippen LogP contribution in [-0.2, 0) is 14.3 Å². The van der Waals surface area contributed by atoms with E-state index in [1.807, 2.05) is 20.8 Å². The molecule has 1 N–H and O–H groups in total. The maximum absolute atomic E-state index is 12.2. The summed E-state index contributed by atoms with van der Waals surface area (Å²) in [5, 5.41) is 9.19. The highest BCUT2D eigenvalue weighted by Crippen LogP contribution is 2.40. The summed E-state index contributed by atoms with van der Waals surface area (Å²) >= 11 is 0. The Balaban J connectivity index is 2.02. The van der Waals surface area contributed by atoms with E-state index in [9.17, 15) is 14.7 Å². The summed E-state index contributed by atoms with van der Waals surface area (Å²) in [4.78, 5) is 25.1. The van der Waals surface area contributed by atoms with Gasteiger partial charge in [-0.05, 0) is 40.0 Å². The van der Waals surface area contributed by atoms with Gasteiger partial charge in [0.05, 0.1) is 19.1 Å². The number of carboxylic acids is 1. The third-order valence-corrected chi connectivity index (χ3v) is 4.07. The predicted molar refractivity (Wildman–Crippen MR) is 76.0 cm³/mol. The van der Waals surface area contributed by atoms with Gasteiger partial charge in [-0.25, -0.2) is 4.79 Å². The molecule has 2 aliphatic heterocycles. The van der Waals surface area contributed by atoms with Crippen molar-refractivity contribution in [1.29, 1.82) is 0 Å². The highest BCUT2D eigenvalue weighted by atomic mass is 16.6. The van der Waals surface area contributed by atoms with Crippen molar-refractivity contribution in [2.75, 3.05) is 26.3 Å². The largest absolute Gasteiger partial charge is 0.481 e. The molecule has 6 nitrogen and oxygen atoms in total. The van der Waals surface area contributed by atoms with Gasteiger partial charge in [0, 0.05) is 18.5 Å². The molecular formula is C15H25NO5. The lowest BCUT2D eigenvalue weighted by Gasteiger charge is -2.46. The number of nitrogens with zero attached hydrogens (tertiary/aromatic N) is 1. The molecule has 0 aromatic heterocycles. The number of rotatable bonds is 1. The van der Waals surface area contributed by atoms with Crippen LogP contribution in [0.4, 0.5) is 4.79 Å². The number of aliphatic carboxylic acids is 1. The normalized spacial score (nSPS) is 30.2. The Hall–Kier alpha value is -1.30. The van der Waals surface area contributed by atoms with Gasteiger partial charge in [-0.2, -0.15) is 0 Å². The van der Waals surface area contributed by atoms with Crippen LogP contribution in [0.3, 0.4) is 0 Å². The minimum Gasteiger partial charge on any atom is -0.481 e. The fraction of sp³-hybridized carbons (Fsp3) is 0.867. The summed E-state index contributed by atoms with van der Waals surface area (Å²) < 4.78 is 10.9. The number of likely N-dealkylation sites (tertiary alicyclic amines) is 1. The van der Waals surface area contributed by atoms with Crippen LogP contribution in [-0.4, -0.2) is 54.0 Å². The lowest BCUT2D eigenvalue weighted by Crippen LogP contribution is -2.52. The first kappa shape index (κ1) is 16.1. The van der Waals surface area contributed by atoms with E-state index < -0.39 is 17.5 Å². The molecule has 2 saturated heterocycles. The summed E-state index contributed by atoms with van der Waals surface area (Å²) in [6, 6.07) is 0. The van der Waals surface area contributed by atoms with Crippen molar-refractivity contribution < 1.29 is 24.2 Å². The lowest BCUT2D eigenvalue weighted by atomic mass is 9.72. The third-order valence-electron chi connectivity index (χ3n) is 4.07. The maximum atomic E-state index is 12.2. The summed E-state index contributed by atoms with van der Waals surface area (Å²) in [6.45, 7) is 7.50. The van der Waals surface area contributed by atoms with Crippen LogP contribution >= 0.6 is 0 Å². The first-order valence-electron chi connectivity index (χ1n) is 7.49. The molecule has 6 heteroatoms. The number of piperidine rings is 1. The monoisotopic (exact) mass is 299 g/mol. The molecule has 0 aliphatic carbocycles. The molecule has 0 radical (unpaired) electrons. The van der Waals surface area contributed by atoms with Crippen molar-refractivity contribution in [3.05, 3.63) is 0 Å². The van der Waals surface area contributed by atoms with Crippen molar-refractivity contribution in [3.63, 3.8) is 0 Å². The Morgan fingerprint density at radius 3 is 2.71 bits per heavy atom. The number of hydrogen-bond donors (Lipinski definition) is 1. The highest BCUT2D eigenvalue weighted by molar-refractivity contribution is 5.70. The fourth-order valence-corrected chi connectivity index (χ4v) is 3.19. The quantitative estimate of drug-likeness (QED) is 0.802. The van der Waals surface area contributed by atoms with Gasteiger partial charge in [0.25, 0.3) is 0 Å². The van der Waals surface area contributed by atoms with Crippen molar-refractivity contribution >= 4 is 12.1 Å². The molecule has 0 aromatic carbocycles. The molecule has 120 valence electrons. The molecule has 2 heterocycles. The second-order valence-corrected chi connectivity index (χ2v) is 7.26. The van der Waals surface area contributed by atoms with E-state index in [1.54, 1.807) is 4.90 Å². The van der Waals surface area contributed by atoms with Gasteiger partial charge >= 0.3 is 12.1 Å². The number of carbonyl (C=O) groups excluding carboxylic acids is 1. The van der Waals surface area contributed by atoms with E-state index in [4.69, 9.17) is 9.47 Å². The van der Waals surface area contributed by atoms with Crippen LogP contribution in [0.25, 0.3) is 0 Å². The number of carbonyl (C=O) groups is 2. The van der Waals surface area contributed by atoms with Gasteiger partial charge < -0.3 is 19.5 Å². The van der Waals surface area contributed by atoms with Crippen LogP contribution in [0, 0.1) is 11.3 Å². The first-order valence-corrected chi connectivity index (χ1v) is 7.49. The number of ether oxygens (including phenoxy) is 2. The van der Waals surface area contributed by atoms with E-state index >= 15 is 0 Å². The summed E-state index contributed by atoms with van der Waals surface area (Å²) in [5.41, 5.74) is -0.759. The van der Waals surface area contributed by atoms with Gasteiger partial charge in [0.1, 0.15) is 5.60 Å². The average Bonchev–Trinajstić information content (AvgIpc) is 2.37. The van der Waals surface area contributed by atoms with Gasteiger partial charge in [0.15, 0.2) is 0 Å². The van der Waals surface area contributed by atoms with Crippen LogP contribution in [0.2, 0.25) is 0 Å². The average molecular weight is 299 g/mol. The molecule has 1 spiro atoms. The summed E-state index contributed by atoms with van der Waals surface area (Å²) in [7, 11) is 0. The fourth-order valence-electron chi connectivity index (χ4n) is 3.19. The Morgan fingerprint density at radius 2 is 2.10 bits per heavy atom. The number of hydrogen-bond acceptors (Lipinski definition) is 4. The van der Waals surface area contributed by atoms with Gasteiger partial charge in [-0.3, -0.25) is 4.79 Å². The Labute approximate surface area is 125 Å². The number of amides is 1. The van der Waals surface area contributed by atoms with E-state index in [0.717, 1.165) is 12.8 Å². The second-order valence-electron chi connectivity index (χ2n) is 7.26. The molecule has 2 rings (SSSR count). The van der Waals surface area contributed by atoms with Crippen LogP contribution in [0.1, 0.15) is 40.0 Å². The van der Waals surface area contributed by atoms with Gasteiger partial charge in [-0.15, -0.1) is 0 Å². The maximum Gasteiger partial charge on any atom is 0.410 e. The molecule has 2 fully saturated rings. The standard InChI is InChI=1S/C15H25NO5/c1-14(2,3)21-13(19)16-6-4-5-15(9-16)7-11(12(17)18)8-20-10-15/h11H,4-10H2,1-3H3,(H,17,18). The zero-order valence-corrected chi connectivity index (χ0v) is 13.1. The Morgan fingerprint density at radius 1 is 1.38 bits per heavy atom. The molecular weight excluding hydrogens is 274 g/mol. The van der Waals surface area contributed by atoms with Crippen molar-refractivity contribution in [3.8, 4) is 0 Å². The van der Waals surface area contributed by atoms with Crippen molar-refractivity contribution in [1.82, 2.24) is 4.90 Å². The summed E-state index contributed by atoms with van der Waals surface area (Å²) in [5.74, 6) is -1.29. The lowest BCUT2D eigenvalue weighted by molar-refractivity contribution is -0.153. The number of carboxylic acid groups (broad SMARTS) is 1. The molecule has 2 unspecified atom stereocenters. The van der Waals surface area contributed by atoms with Crippen LogP contribution in [0.15, 0.2) is 0 Å². The van der Waals surface area contributed by atoms with E-state index in [-0.39, 0.29) is 18.1 Å². The zero-order valence-electron chi connectivity index (χ0n) is 13.1. The summed E-state index contributed by atoms with van der Waals surface area (Å²) in [6.07, 6.45) is 2.01. The van der Waals surface area contributed by atoms with E-state index in [1.165, 1.54) is 0 Å². The molecule has 1 amide bonds. The molecule has 0 saturated carbocycles. The van der Waals surface area contributed by atoms with Crippen LogP contribution in [0.5, 0.6) is 0 Å². The minimum atomic E-state index is -0.816. The minimum absolute atomic E-state index is 0.240. The van der Waals surface area contributed by atoms with Crippen molar-refractivity contribution in [2.24, 2.45) is 11.3 Å². The van der Waals surface area contributed by atoms with E-state index in [0.29, 0.717) is 26.1 Å². The first-order chi connectivity index (χ1) is 9.71. The Kier molecular flexibility index (Phi) is 4.46. The van der Waals surface area contributed by atoms with Gasteiger partial charge in [-0.1, -0.05) is 0 Å². The van der Waals surface area contributed by atoms with E-state index in [2.05, 4.69) is 0 Å². The smallest absolute Gasteiger partial charge is 0.410 e. The topological polar surface area (TPSA) is 76.1 Å². The predicted octanol–water partition coefficient (Wildman–Crippen LogP) is 2.12. The SMILES string of the molecule is CC(C)(C)OC(=O)N1CCCC2(COCC(C(=O)O)C2)C1. The molecule has 21 heavy (non-hydrogen) atoms. The van der Waals surface area contributed by atoms with Crippen LogP contribution < -0.4 is 0 Å². The molecule has 2 atom stereocenters. The van der Waals surface area contributed by atoms with Gasteiger partial charge in [0.2, 0.25) is 0 Å². The highest BCUT2D eigenvalue weighted by Gasteiger charge is 2.44. The Bertz CT molecular complexity index is 413. The second kappa shape index (κ2) is 5.83. The molecule has 0 bridgehead atoms. The molecule has 2 aliphatic rings. The zero-order chi connectivity index (χ0) is 15.7.